The molecule has 1 aliphatic rings. The Hall–Kier alpha value is -2.02. The van der Waals surface area contributed by atoms with E-state index < -0.39 is 0 Å². The molecule has 2 heterocycles. The quantitative estimate of drug-likeness (QED) is 0.684. The maximum Gasteiger partial charge on any atom is 0.237 e. The number of amides is 1. The Balaban J connectivity index is 1.71. The summed E-state index contributed by atoms with van der Waals surface area (Å²) in [5.41, 5.74) is 2.26. The van der Waals surface area contributed by atoms with Gasteiger partial charge in [0.2, 0.25) is 11.1 Å². The molecule has 1 aromatic heterocycles. The van der Waals surface area contributed by atoms with Crippen LogP contribution >= 0.6 is 11.8 Å². The molecule has 0 unspecified atom stereocenters. The minimum Gasteiger partial charge on any atom is -0.336 e. The van der Waals surface area contributed by atoms with E-state index in [-0.39, 0.29) is 5.91 Å². The normalized spacial score (nSPS) is 14.0. The molecule has 1 aliphatic heterocycles. The Morgan fingerprint density at radius 3 is 2.95 bits per heavy atom. The molecule has 3 rings (SSSR count). The van der Waals surface area contributed by atoms with Crippen molar-refractivity contribution in [2.24, 2.45) is 0 Å². The molecule has 2 N–H and O–H groups in total. The van der Waals surface area contributed by atoms with Crippen LogP contribution in [0.2, 0.25) is 0 Å². The third-order valence-electron chi connectivity index (χ3n) is 3.57. The van der Waals surface area contributed by atoms with E-state index in [1.54, 1.807) is 6.92 Å². The Labute approximate surface area is 127 Å². The van der Waals surface area contributed by atoms with Gasteiger partial charge < -0.3 is 10.7 Å². The first-order valence-electron chi connectivity index (χ1n) is 6.85. The number of nitrogen functional groups attached to an aromatic ring is 1. The summed E-state index contributed by atoms with van der Waals surface area (Å²) in [6.07, 6.45) is 2.03. The monoisotopic (exact) mass is 303 g/mol. The van der Waals surface area contributed by atoms with Gasteiger partial charge in [-0.05, 0) is 31.4 Å². The zero-order valence-corrected chi connectivity index (χ0v) is 12.6. The molecule has 0 saturated carbocycles. The highest BCUT2D eigenvalue weighted by Gasteiger charge is 2.22. The van der Waals surface area contributed by atoms with E-state index >= 15 is 0 Å². The van der Waals surface area contributed by atoms with Crippen LogP contribution in [0.5, 0.6) is 0 Å². The van der Waals surface area contributed by atoms with Gasteiger partial charge >= 0.3 is 0 Å². The van der Waals surface area contributed by atoms with Gasteiger partial charge in [0.1, 0.15) is 5.82 Å². The molecule has 21 heavy (non-hydrogen) atoms. The van der Waals surface area contributed by atoms with Crippen molar-refractivity contribution in [1.82, 2.24) is 14.9 Å². The van der Waals surface area contributed by atoms with Crippen LogP contribution in [0.1, 0.15) is 17.8 Å². The van der Waals surface area contributed by atoms with Crippen LogP contribution in [0, 0.1) is 6.92 Å². The smallest absolute Gasteiger partial charge is 0.237 e. The van der Waals surface area contributed by atoms with Crippen molar-refractivity contribution in [3.05, 3.63) is 35.7 Å². The first kappa shape index (κ1) is 13.9. The topological polar surface area (TPSA) is 77.0 Å². The van der Waals surface area contributed by atoms with Crippen molar-refractivity contribution in [2.45, 2.75) is 24.9 Å². The minimum atomic E-state index is 0.0767. The van der Waals surface area contributed by atoms with Gasteiger partial charge in [-0.2, -0.15) is 0 Å². The highest BCUT2D eigenvalue weighted by molar-refractivity contribution is 7.99. The number of nitrogens with zero attached hydrogens (tertiary/aromatic N) is 4. The van der Waals surface area contributed by atoms with Crippen molar-refractivity contribution < 1.29 is 4.79 Å². The molecule has 110 valence electrons. The summed E-state index contributed by atoms with van der Waals surface area (Å²) in [5, 5.41) is 8.40. The van der Waals surface area contributed by atoms with Crippen molar-refractivity contribution in [3.8, 4) is 0 Å². The average Bonchev–Trinajstić information content (AvgIpc) is 2.84. The van der Waals surface area contributed by atoms with Gasteiger partial charge in [0.15, 0.2) is 0 Å². The van der Waals surface area contributed by atoms with Crippen LogP contribution in [0.15, 0.2) is 29.4 Å². The second-order valence-electron chi connectivity index (χ2n) is 4.97. The summed E-state index contributed by atoms with van der Waals surface area (Å²) >= 11 is 1.32. The number of aromatic nitrogens is 3. The fraction of sp³-hybridized carbons (Fsp3) is 0.357. The van der Waals surface area contributed by atoms with E-state index in [1.165, 1.54) is 22.0 Å². The number of hydrogen-bond donors (Lipinski definition) is 1. The largest absolute Gasteiger partial charge is 0.336 e. The second-order valence-corrected chi connectivity index (χ2v) is 5.91. The molecule has 0 atom stereocenters. The number of carbonyl (C=O) groups excluding carboxylic acids is 1. The number of rotatable bonds is 3. The number of hydrogen-bond acceptors (Lipinski definition) is 5. The van der Waals surface area contributed by atoms with E-state index in [9.17, 15) is 4.79 Å². The maximum atomic E-state index is 12.5. The lowest BCUT2D eigenvalue weighted by atomic mass is 10.0. The summed E-state index contributed by atoms with van der Waals surface area (Å²) in [5.74, 6) is 6.81. The van der Waals surface area contributed by atoms with E-state index in [4.69, 9.17) is 5.84 Å². The van der Waals surface area contributed by atoms with Gasteiger partial charge in [-0.1, -0.05) is 30.0 Å². The molecule has 0 saturated heterocycles. The second kappa shape index (κ2) is 5.77. The zero-order chi connectivity index (χ0) is 14.8. The third kappa shape index (κ3) is 2.73. The summed E-state index contributed by atoms with van der Waals surface area (Å²) in [7, 11) is 0. The first-order chi connectivity index (χ1) is 10.2. The molecule has 0 bridgehead atoms. The molecular formula is C14H17N5OS. The van der Waals surface area contributed by atoms with Crippen molar-refractivity contribution in [1.29, 1.82) is 0 Å². The molecule has 0 spiro atoms. The van der Waals surface area contributed by atoms with Gasteiger partial charge in [-0.15, -0.1) is 10.2 Å². The van der Waals surface area contributed by atoms with Gasteiger partial charge in [0.05, 0.1) is 5.75 Å². The standard InChI is InChI=1S/C14H17N5OS/c1-10-16-17-14(19(10)15)21-9-13(20)18-8-4-6-11-5-2-3-7-12(11)18/h2-3,5,7H,4,6,8-9,15H2,1H3. The molecule has 6 nitrogen and oxygen atoms in total. The molecule has 1 aromatic carbocycles. The lowest BCUT2D eigenvalue weighted by Gasteiger charge is -2.29. The molecule has 0 radical (unpaired) electrons. The van der Waals surface area contributed by atoms with Crippen LogP contribution in [0.3, 0.4) is 0 Å². The van der Waals surface area contributed by atoms with Crippen molar-refractivity contribution >= 4 is 23.4 Å². The highest BCUT2D eigenvalue weighted by Crippen LogP contribution is 2.27. The van der Waals surface area contributed by atoms with E-state index in [1.807, 2.05) is 23.1 Å². The molecule has 0 fully saturated rings. The number of para-hydroxylation sites is 1. The number of carbonyl (C=O) groups is 1. The van der Waals surface area contributed by atoms with Crippen LogP contribution in [0.25, 0.3) is 0 Å². The van der Waals surface area contributed by atoms with Crippen LogP contribution < -0.4 is 10.7 Å². The van der Waals surface area contributed by atoms with Gasteiger partial charge in [-0.3, -0.25) is 4.79 Å². The lowest BCUT2D eigenvalue weighted by molar-refractivity contribution is -0.116. The van der Waals surface area contributed by atoms with Gasteiger partial charge in [0.25, 0.3) is 0 Å². The summed E-state index contributed by atoms with van der Waals surface area (Å²) in [6.45, 7) is 2.55. The number of aryl methyl sites for hydroxylation is 2. The van der Waals surface area contributed by atoms with Crippen molar-refractivity contribution in [2.75, 3.05) is 23.0 Å². The number of anilines is 1. The molecule has 0 aliphatic carbocycles. The van der Waals surface area contributed by atoms with E-state index in [0.29, 0.717) is 16.7 Å². The molecule has 1 amide bonds. The Bertz CT molecular complexity index is 669. The van der Waals surface area contributed by atoms with Crippen LogP contribution in [-0.2, 0) is 11.2 Å². The lowest BCUT2D eigenvalue weighted by Crippen LogP contribution is -2.36. The van der Waals surface area contributed by atoms with E-state index in [0.717, 1.165) is 25.1 Å². The van der Waals surface area contributed by atoms with Gasteiger partial charge in [-0.25, -0.2) is 4.68 Å². The maximum absolute atomic E-state index is 12.5. The minimum absolute atomic E-state index is 0.0767. The number of thioether (sulfide) groups is 1. The predicted molar refractivity (Wildman–Crippen MR) is 82.7 cm³/mol. The SMILES string of the molecule is Cc1nnc(SCC(=O)N2CCCc3ccccc32)n1N. The number of nitrogens with two attached hydrogens (primary N) is 1. The molecular weight excluding hydrogens is 286 g/mol. The summed E-state index contributed by atoms with van der Waals surface area (Å²) in [6, 6.07) is 8.08. The number of benzene rings is 1. The van der Waals surface area contributed by atoms with E-state index in [2.05, 4.69) is 16.3 Å². The summed E-state index contributed by atoms with van der Waals surface area (Å²) in [4.78, 5) is 14.3. The van der Waals surface area contributed by atoms with Crippen molar-refractivity contribution in [3.63, 3.8) is 0 Å². The highest BCUT2D eigenvalue weighted by atomic mass is 32.2. The zero-order valence-electron chi connectivity index (χ0n) is 11.8. The average molecular weight is 303 g/mol. The Morgan fingerprint density at radius 2 is 2.19 bits per heavy atom. The fourth-order valence-electron chi connectivity index (χ4n) is 2.45. The van der Waals surface area contributed by atoms with Crippen LogP contribution in [-0.4, -0.2) is 33.1 Å². The molecule has 7 heteroatoms. The first-order valence-corrected chi connectivity index (χ1v) is 7.83. The number of fused-ring (bicyclic) bond motifs is 1. The predicted octanol–water partition coefficient (Wildman–Crippen LogP) is 1.37. The Kier molecular flexibility index (Phi) is 3.83. The Morgan fingerprint density at radius 1 is 1.38 bits per heavy atom. The fourth-order valence-corrected chi connectivity index (χ4v) is 3.22. The summed E-state index contributed by atoms with van der Waals surface area (Å²) < 4.78 is 1.40. The third-order valence-corrected chi connectivity index (χ3v) is 4.50. The van der Waals surface area contributed by atoms with Gasteiger partial charge in [0, 0.05) is 12.2 Å². The molecule has 2 aromatic rings. The van der Waals surface area contributed by atoms with Crippen LogP contribution in [0.4, 0.5) is 5.69 Å².